The van der Waals surface area contributed by atoms with Gasteiger partial charge in [0.05, 0.1) is 16.9 Å². The fraction of sp³-hybridized carbons (Fsp3) is 0.292. The summed E-state index contributed by atoms with van der Waals surface area (Å²) in [4.78, 5) is 26.7. The standard InChI is InChI=1S/C24H27N3O3/c1-17(2)26(15-20-8-6-5-7-9-20)23(28)16-30-24(29)21-10-12-22(13-11-21)27-19(4)14-18(3)25-27/h5-14,17H,15-16H2,1-4H3. The van der Waals surface area contributed by atoms with Crippen molar-refractivity contribution in [2.24, 2.45) is 0 Å². The molecule has 6 nitrogen and oxygen atoms in total. The molecule has 0 atom stereocenters. The number of carbonyl (C=O) groups excluding carboxylic acids is 2. The van der Waals surface area contributed by atoms with E-state index in [1.807, 2.05) is 80.9 Å². The molecule has 30 heavy (non-hydrogen) atoms. The van der Waals surface area contributed by atoms with Gasteiger partial charge in [-0.1, -0.05) is 30.3 Å². The molecule has 3 aromatic rings. The average molecular weight is 405 g/mol. The predicted molar refractivity (Wildman–Crippen MR) is 115 cm³/mol. The lowest BCUT2D eigenvalue weighted by molar-refractivity contribution is -0.136. The summed E-state index contributed by atoms with van der Waals surface area (Å²) in [6.07, 6.45) is 0. The van der Waals surface area contributed by atoms with Gasteiger partial charge >= 0.3 is 5.97 Å². The molecule has 0 spiro atoms. The minimum absolute atomic E-state index is 0.00328. The Hall–Kier alpha value is -3.41. The Morgan fingerprint density at radius 2 is 1.70 bits per heavy atom. The first-order valence-corrected chi connectivity index (χ1v) is 9.99. The van der Waals surface area contributed by atoms with Gasteiger partial charge in [0.25, 0.3) is 5.91 Å². The Labute approximate surface area is 177 Å². The van der Waals surface area contributed by atoms with E-state index in [2.05, 4.69) is 5.10 Å². The third-order valence-corrected chi connectivity index (χ3v) is 4.82. The second kappa shape index (κ2) is 9.39. The van der Waals surface area contributed by atoms with E-state index in [0.717, 1.165) is 22.6 Å². The van der Waals surface area contributed by atoms with E-state index in [1.165, 1.54) is 0 Å². The molecule has 3 rings (SSSR count). The highest BCUT2D eigenvalue weighted by atomic mass is 16.5. The van der Waals surface area contributed by atoms with Crippen LogP contribution < -0.4 is 0 Å². The molecule has 1 amide bonds. The molecule has 0 saturated carbocycles. The number of benzene rings is 2. The van der Waals surface area contributed by atoms with Crippen LogP contribution in [0.25, 0.3) is 5.69 Å². The summed E-state index contributed by atoms with van der Waals surface area (Å²) in [5.41, 5.74) is 4.24. The van der Waals surface area contributed by atoms with Crippen molar-refractivity contribution < 1.29 is 14.3 Å². The van der Waals surface area contributed by atoms with E-state index in [-0.39, 0.29) is 18.6 Å². The topological polar surface area (TPSA) is 64.4 Å². The van der Waals surface area contributed by atoms with E-state index < -0.39 is 5.97 Å². The molecular formula is C24H27N3O3. The van der Waals surface area contributed by atoms with Crippen molar-refractivity contribution in [3.63, 3.8) is 0 Å². The van der Waals surface area contributed by atoms with Crippen molar-refractivity contribution in [2.75, 3.05) is 6.61 Å². The fourth-order valence-electron chi connectivity index (χ4n) is 3.26. The largest absolute Gasteiger partial charge is 0.452 e. The summed E-state index contributed by atoms with van der Waals surface area (Å²) < 4.78 is 7.10. The van der Waals surface area contributed by atoms with Crippen LogP contribution in [0.1, 0.15) is 41.2 Å². The van der Waals surface area contributed by atoms with Gasteiger partial charge < -0.3 is 9.64 Å². The maximum atomic E-state index is 12.6. The second-order valence-corrected chi connectivity index (χ2v) is 7.56. The van der Waals surface area contributed by atoms with Crippen LogP contribution in [0.3, 0.4) is 0 Å². The van der Waals surface area contributed by atoms with Gasteiger partial charge in [0.15, 0.2) is 6.61 Å². The lowest BCUT2D eigenvalue weighted by atomic mass is 10.2. The van der Waals surface area contributed by atoms with Gasteiger partial charge in [-0.3, -0.25) is 4.79 Å². The number of carbonyl (C=O) groups is 2. The van der Waals surface area contributed by atoms with Crippen LogP contribution in [0.4, 0.5) is 0 Å². The Morgan fingerprint density at radius 3 is 2.27 bits per heavy atom. The Balaban J connectivity index is 1.61. The predicted octanol–water partition coefficient (Wildman–Crippen LogP) is 4.08. The highest BCUT2D eigenvalue weighted by Crippen LogP contribution is 2.14. The van der Waals surface area contributed by atoms with Gasteiger partial charge in [0.1, 0.15) is 0 Å². The minimum atomic E-state index is -0.522. The molecule has 0 radical (unpaired) electrons. The Bertz CT molecular complexity index is 1010. The second-order valence-electron chi connectivity index (χ2n) is 7.56. The molecule has 0 N–H and O–H groups in total. The number of hydrogen-bond donors (Lipinski definition) is 0. The third kappa shape index (κ3) is 5.14. The number of aryl methyl sites for hydroxylation is 2. The molecule has 0 fully saturated rings. The molecule has 1 aromatic heterocycles. The van der Waals surface area contributed by atoms with Gasteiger partial charge in [-0.15, -0.1) is 0 Å². The Morgan fingerprint density at radius 1 is 1.03 bits per heavy atom. The third-order valence-electron chi connectivity index (χ3n) is 4.82. The van der Waals surface area contributed by atoms with E-state index in [1.54, 1.807) is 17.0 Å². The summed E-state index contributed by atoms with van der Waals surface area (Å²) in [5, 5.41) is 4.44. The maximum absolute atomic E-state index is 12.6. The first-order chi connectivity index (χ1) is 14.3. The van der Waals surface area contributed by atoms with Crippen LogP contribution in [-0.2, 0) is 16.1 Å². The SMILES string of the molecule is Cc1cc(C)n(-c2ccc(C(=O)OCC(=O)N(Cc3ccccc3)C(C)C)cc2)n1. The van der Waals surface area contributed by atoms with Crippen molar-refractivity contribution >= 4 is 11.9 Å². The van der Waals surface area contributed by atoms with E-state index in [4.69, 9.17) is 4.74 Å². The van der Waals surface area contributed by atoms with Crippen LogP contribution in [-0.4, -0.2) is 39.2 Å². The first-order valence-electron chi connectivity index (χ1n) is 9.99. The molecule has 156 valence electrons. The van der Waals surface area contributed by atoms with Gasteiger partial charge in [-0.2, -0.15) is 5.10 Å². The first kappa shape index (κ1) is 21.3. The molecule has 2 aromatic carbocycles. The molecule has 6 heteroatoms. The average Bonchev–Trinajstić information content (AvgIpc) is 3.08. The van der Waals surface area contributed by atoms with Gasteiger partial charge in [-0.25, -0.2) is 9.48 Å². The molecule has 0 aliphatic carbocycles. The van der Waals surface area contributed by atoms with Crippen molar-refractivity contribution in [3.8, 4) is 5.69 Å². The highest BCUT2D eigenvalue weighted by Gasteiger charge is 2.19. The highest BCUT2D eigenvalue weighted by molar-refractivity contribution is 5.91. The number of nitrogens with zero attached hydrogens (tertiary/aromatic N) is 3. The summed E-state index contributed by atoms with van der Waals surface area (Å²) in [6.45, 7) is 7.99. The molecule has 0 aliphatic heterocycles. The number of ether oxygens (including phenoxy) is 1. The molecule has 0 saturated heterocycles. The van der Waals surface area contributed by atoms with Crippen LogP contribution in [0, 0.1) is 13.8 Å². The molecule has 1 heterocycles. The van der Waals surface area contributed by atoms with Crippen molar-refractivity contribution in [3.05, 3.63) is 83.2 Å². The molecule has 0 bridgehead atoms. The zero-order chi connectivity index (χ0) is 21.7. The van der Waals surface area contributed by atoms with E-state index >= 15 is 0 Å². The van der Waals surface area contributed by atoms with Crippen molar-refractivity contribution in [1.29, 1.82) is 0 Å². The zero-order valence-electron chi connectivity index (χ0n) is 17.8. The smallest absolute Gasteiger partial charge is 0.338 e. The van der Waals surface area contributed by atoms with Crippen LogP contribution in [0.5, 0.6) is 0 Å². The molecule has 0 aliphatic rings. The quantitative estimate of drug-likeness (QED) is 0.556. The summed E-state index contributed by atoms with van der Waals surface area (Å²) in [6, 6.07) is 18.7. The number of hydrogen-bond acceptors (Lipinski definition) is 4. The number of amides is 1. The summed E-state index contributed by atoms with van der Waals surface area (Å²) >= 11 is 0. The lowest BCUT2D eigenvalue weighted by Crippen LogP contribution is -2.39. The van der Waals surface area contributed by atoms with Gasteiger partial charge in [0, 0.05) is 18.3 Å². The van der Waals surface area contributed by atoms with Crippen molar-refractivity contribution in [1.82, 2.24) is 14.7 Å². The normalized spacial score (nSPS) is 10.8. The Kier molecular flexibility index (Phi) is 6.67. The van der Waals surface area contributed by atoms with Gasteiger partial charge in [0.2, 0.25) is 0 Å². The monoisotopic (exact) mass is 405 g/mol. The number of rotatable bonds is 7. The molecule has 0 unspecified atom stereocenters. The van der Waals surface area contributed by atoms with Gasteiger partial charge in [-0.05, 0) is 63.6 Å². The maximum Gasteiger partial charge on any atom is 0.338 e. The van der Waals surface area contributed by atoms with Crippen LogP contribution in [0.15, 0.2) is 60.7 Å². The summed E-state index contributed by atoms with van der Waals surface area (Å²) in [5.74, 6) is -0.742. The summed E-state index contributed by atoms with van der Waals surface area (Å²) in [7, 11) is 0. The van der Waals surface area contributed by atoms with Crippen LogP contribution in [0.2, 0.25) is 0 Å². The van der Waals surface area contributed by atoms with E-state index in [0.29, 0.717) is 12.1 Å². The fourth-order valence-corrected chi connectivity index (χ4v) is 3.26. The zero-order valence-corrected chi connectivity index (χ0v) is 17.8. The lowest BCUT2D eigenvalue weighted by Gasteiger charge is -2.26. The number of aromatic nitrogens is 2. The molecular weight excluding hydrogens is 378 g/mol. The van der Waals surface area contributed by atoms with E-state index in [9.17, 15) is 9.59 Å². The van der Waals surface area contributed by atoms with Crippen molar-refractivity contribution in [2.45, 2.75) is 40.3 Å². The minimum Gasteiger partial charge on any atom is -0.452 e. The van der Waals surface area contributed by atoms with Crippen LogP contribution >= 0.6 is 0 Å². The number of esters is 1.